The van der Waals surface area contributed by atoms with Gasteiger partial charge in [0.15, 0.2) is 0 Å². The molecule has 2 aliphatic rings. The van der Waals surface area contributed by atoms with Gasteiger partial charge in [-0.15, -0.1) is 0 Å². The predicted octanol–water partition coefficient (Wildman–Crippen LogP) is 1.95. The van der Waals surface area contributed by atoms with Crippen LogP contribution in [0.2, 0.25) is 0 Å². The molecule has 7 nitrogen and oxygen atoms in total. The number of rotatable bonds is 5. The van der Waals surface area contributed by atoms with Crippen LogP contribution in [0.5, 0.6) is 5.75 Å². The normalized spacial score (nSPS) is 16.9. The lowest BCUT2D eigenvalue weighted by Gasteiger charge is -2.24. The van der Waals surface area contributed by atoms with Crippen LogP contribution < -0.4 is 10.1 Å². The van der Waals surface area contributed by atoms with Crippen LogP contribution in [0.4, 0.5) is 5.82 Å². The summed E-state index contributed by atoms with van der Waals surface area (Å²) in [7, 11) is 0. The van der Waals surface area contributed by atoms with Crippen molar-refractivity contribution < 1.29 is 14.3 Å². The molecule has 0 aromatic carbocycles. The fourth-order valence-electron chi connectivity index (χ4n) is 3.16. The molecular formula is C18H18N4O3. The van der Waals surface area contributed by atoms with E-state index in [0.29, 0.717) is 30.5 Å². The third kappa shape index (κ3) is 3.23. The molecule has 4 heterocycles. The maximum atomic E-state index is 10.6. The highest BCUT2D eigenvalue weighted by atomic mass is 16.5. The average molecular weight is 338 g/mol. The van der Waals surface area contributed by atoms with Crippen LogP contribution >= 0.6 is 0 Å². The molecule has 0 amide bonds. The molecule has 0 saturated carbocycles. The molecule has 7 heteroatoms. The smallest absolute Gasteiger partial charge is 0.298 e. The molecule has 0 atom stereocenters. The Hall–Kier alpha value is -2.80. The number of hydrogen-bond donors (Lipinski definition) is 1. The molecule has 25 heavy (non-hydrogen) atoms. The molecule has 0 aliphatic carbocycles. The van der Waals surface area contributed by atoms with E-state index in [-0.39, 0.29) is 0 Å². The van der Waals surface area contributed by atoms with E-state index in [1.165, 1.54) is 0 Å². The summed E-state index contributed by atoms with van der Waals surface area (Å²) in [5.74, 6) is 1.27. The number of ether oxygens (including phenoxy) is 2. The summed E-state index contributed by atoms with van der Waals surface area (Å²) in [6.07, 6.45) is 5.33. The summed E-state index contributed by atoms with van der Waals surface area (Å²) in [4.78, 5) is 24.1. The highest BCUT2D eigenvalue weighted by Gasteiger charge is 2.25. The monoisotopic (exact) mass is 338 g/mol. The Bertz CT molecular complexity index is 816. The van der Waals surface area contributed by atoms with Crippen LogP contribution in [0.3, 0.4) is 0 Å². The lowest BCUT2D eigenvalue weighted by Crippen LogP contribution is -2.29. The van der Waals surface area contributed by atoms with Gasteiger partial charge >= 0.3 is 0 Å². The van der Waals surface area contributed by atoms with E-state index in [2.05, 4.69) is 20.3 Å². The summed E-state index contributed by atoms with van der Waals surface area (Å²) in [5.41, 5.74) is 3.53. The van der Waals surface area contributed by atoms with Gasteiger partial charge in [-0.05, 0) is 30.5 Å². The van der Waals surface area contributed by atoms with Gasteiger partial charge in [0.05, 0.1) is 18.0 Å². The molecule has 1 saturated heterocycles. The fourth-order valence-corrected chi connectivity index (χ4v) is 3.16. The van der Waals surface area contributed by atoms with Crippen molar-refractivity contribution in [2.24, 2.45) is 4.99 Å². The lowest BCUT2D eigenvalue weighted by atomic mass is 10.0. The molecule has 0 spiro atoms. The lowest BCUT2D eigenvalue weighted by molar-refractivity contribution is -0.120. The Kier molecular flexibility index (Phi) is 4.39. The first-order chi connectivity index (χ1) is 12.3. The number of carbonyl (C=O) groups excluding carboxylic acids is 1. The maximum Gasteiger partial charge on any atom is 0.298 e. The number of nitrogens with one attached hydrogen (secondary N) is 1. The zero-order valence-corrected chi connectivity index (χ0v) is 13.6. The molecule has 2 aromatic rings. The minimum absolute atomic E-state index is 0.340. The number of carbonyl (C=O) groups is 1. The summed E-state index contributed by atoms with van der Waals surface area (Å²) in [5, 5.41) is 3.53. The van der Waals surface area contributed by atoms with Crippen molar-refractivity contribution in [2.45, 2.75) is 25.4 Å². The molecule has 0 unspecified atom stereocenters. The third-order valence-corrected chi connectivity index (χ3v) is 4.40. The fraction of sp³-hybridized carbons (Fsp3) is 0.333. The van der Waals surface area contributed by atoms with Crippen molar-refractivity contribution in [3.8, 4) is 5.75 Å². The van der Waals surface area contributed by atoms with Crippen molar-refractivity contribution in [2.75, 3.05) is 18.5 Å². The Balaban J connectivity index is 1.66. The maximum absolute atomic E-state index is 10.6. The number of nitrogens with zero attached hydrogens (tertiary/aromatic N) is 3. The molecule has 2 aromatic heterocycles. The SMILES string of the molecule is O=COc1ccnc(C2=NCc3ccnc(NC4CCOCC4)c32)c1. The van der Waals surface area contributed by atoms with Gasteiger partial charge in [-0.1, -0.05) is 0 Å². The molecule has 1 fully saturated rings. The standard InChI is InChI=1S/C18H18N4O3/c23-11-25-14-2-6-19-15(9-14)17-16-12(10-21-17)1-5-20-18(16)22-13-3-7-24-8-4-13/h1-2,5-6,9,11,13H,3-4,7-8,10H2,(H,20,22). The van der Waals surface area contributed by atoms with Crippen LogP contribution in [0.15, 0.2) is 35.6 Å². The van der Waals surface area contributed by atoms with E-state index in [9.17, 15) is 4.79 Å². The van der Waals surface area contributed by atoms with E-state index >= 15 is 0 Å². The predicted molar refractivity (Wildman–Crippen MR) is 92.0 cm³/mol. The zero-order valence-electron chi connectivity index (χ0n) is 13.6. The molecule has 128 valence electrons. The summed E-state index contributed by atoms with van der Waals surface area (Å²) in [6.45, 7) is 2.53. The second kappa shape index (κ2) is 6.98. The van der Waals surface area contributed by atoms with E-state index in [4.69, 9.17) is 9.47 Å². The van der Waals surface area contributed by atoms with E-state index in [1.54, 1.807) is 24.5 Å². The number of aromatic nitrogens is 2. The summed E-state index contributed by atoms with van der Waals surface area (Å²) >= 11 is 0. The summed E-state index contributed by atoms with van der Waals surface area (Å²) in [6, 6.07) is 5.67. The zero-order chi connectivity index (χ0) is 17.1. The van der Waals surface area contributed by atoms with Crippen molar-refractivity contribution in [1.29, 1.82) is 0 Å². The van der Waals surface area contributed by atoms with Crippen LogP contribution in [-0.2, 0) is 16.1 Å². The first-order valence-corrected chi connectivity index (χ1v) is 8.29. The van der Waals surface area contributed by atoms with Gasteiger partial charge in [0.25, 0.3) is 6.47 Å². The number of pyridine rings is 2. The minimum Gasteiger partial charge on any atom is -0.429 e. The van der Waals surface area contributed by atoms with Gasteiger partial charge in [-0.25, -0.2) is 4.98 Å². The molecule has 0 radical (unpaired) electrons. The topological polar surface area (TPSA) is 85.7 Å². The first kappa shape index (κ1) is 15.7. The Morgan fingerprint density at radius 1 is 1.20 bits per heavy atom. The molecule has 4 rings (SSSR count). The Labute approximate surface area is 145 Å². The largest absolute Gasteiger partial charge is 0.429 e. The van der Waals surface area contributed by atoms with Crippen LogP contribution in [0, 0.1) is 0 Å². The first-order valence-electron chi connectivity index (χ1n) is 8.29. The van der Waals surface area contributed by atoms with Crippen LogP contribution in [0.25, 0.3) is 0 Å². The van der Waals surface area contributed by atoms with E-state index in [1.807, 2.05) is 6.07 Å². The molecule has 1 N–H and O–H groups in total. The van der Waals surface area contributed by atoms with Gasteiger partial charge in [-0.3, -0.25) is 14.8 Å². The van der Waals surface area contributed by atoms with Crippen molar-refractivity contribution >= 4 is 18.0 Å². The highest BCUT2D eigenvalue weighted by molar-refractivity contribution is 6.16. The van der Waals surface area contributed by atoms with Gasteiger partial charge in [-0.2, -0.15) is 0 Å². The Morgan fingerprint density at radius 2 is 2.04 bits per heavy atom. The van der Waals surface area contributed by atoms with Crippen molar-refractivity contribution in [1.82, 2.24) is 9.97 Å². The van der Waals surface area contributed by atoms with Gasteiger partial charge < -0.3 is 14.8 Å². The van der Waals surface area contributed by atoms with Crippen molar-refractivity contribution in [3.05, 3.63) is 47.4 Å². The van der Waals surface area contributed by atoms with E-state index < -0.39 is 0 Å². The molecular weight excluding hydrogens is 320 g/mol. The third-order valence-electron chi connectivity index (χ3n) is 4.40. The number of fused-ring (bicyclic) bond motifs is 1. The second-order valence-corrected chi connectivity index (χ2v) is 5.98. The number of hydrogen-bond acceptors (Lipinski definition) is 7. The van der Waals surface area contributed by atoms with E-state index in [0.717, 1.165) is 48.7 Å². The summed E-state index contributed by atoms with van der Waals surface area (Å²) < 4.78 is 10.3. The number of aliphatic imine (C=N–C) groups is 1. The number of anilines is 1. The Morgan fingerprint density at radius 3 is 2.88 bits per heavy atom. The van der Waals surface area contributed by atoms with Crippen LogP contribution in [0.1, 0.15) is 29.7 Å². The molecule has 2 aliphatic heterocycles. The second-order valence-electron chi connectivity index (χ2n) is 5.98. The van der Waals surface area contributed by atoms with Crippen LogP contribution in [-0.4, -0.2) is 41.4 Å². The molecule has 0 bridgehead atoms. The van der Waals surface area contributed by atoms with Gasteiger partial charge in [0.2, 0.25) is 0 Å². The van der Waals surface area contributed by atoms with Crippen molar-refractivity contribution in [3.63, 3.8) is 0 Å². The quantitative estimate of drug-likeness (QED) is 0.839. The highest BCUT2D eigenvalue weighted by Crippen LogP contribution is 2.29. The minimum atomic E-state index is 0.340. The average Bonchev–Trinajstić information content (AvgIpc) is 3.08. The van der Waals surface area contributed by atoms with Gasteiger partial charge in [0.1, 0.15) is 11.6 Å². The van der Waals surface area contributed by atoms with Gasteiger partial charge in [0, 0.05) is 43.3 Å².